The Bertz CT molecular complexity index is 447. The second-order valence-corrected chi connectivity index (χ2v) is 2.71. The highest BCUT2D eigenvalue weighted by Crippen LogP contribution is 1.96. The Morgan fingerprint density at radius 3 is 2.87 bits per heavy atom. The Hall–Kier alpha value is -2.44. The topological polar surface area (TPSA) is 94.0 Å². The van der Waals surface area contributed by atoms with E-state index >= 15 is 0 Å². The number of aromatic nitrogens is 4. The van der Waals surface area contributed by atoms with Gasteiger partial charge in [-0.15, -0.1) is 10.2 Å². The molecule has 0 amide bonds. The second kappa shape index (κ2) is 4.18. The van der Waals surface area contributed by atoms with Crippen molar-refractivity contribution in [2.75, 3.05) is 11.3 Å². The van der Waals surface area contributed by atoms with Crippen molar-refractivity contribution in [1.29, 1.82) is 0 Å². The van der Waals surface area contributed by atoms with Crippen molar-refractivity contribution in [3.05, 3.63) is 36.4 Å². The van der Waals surface area contributed by atoms with Crippen molar-refractivity contribution in [1.82, 2.24) is 19.9 Å². The minimum atomic E-state index is 0.375. The van der Waals surface area contributed by atoms with Crippen molar-refractivity contribution in [2.24, 2.45) is 5.10 Å². The van der Waals surface area contributed by atoms with Gasteiger partial charge in [-0.1, -0.05) is 0 Å². The third kappa shape index (κ3) is 2.27. The monoisotopic (exact) mass is 203 g/mol. The van der Waals surface area contributed by atoms with E-state index in [1.165, 1.54) is 11.0 Å². The zero-order valence-electron chi connectivity index (χ0n) is 7.78. The minimum absolute atomic E-state index is 0.375. The molecule has 0 unspecified atom stereocenters. The van der Waals surface area contributed by atoms with Crippen LogP contribution >= 0.6 is 0 Å². The van der Waals surface area contributed by atoms with E-state index in [4.69, 9.17) is 5.84 Å². The fraction of sp³-hybridized carbons (Fsp3) is 0. The molecule has 0 aliphatic heterocycles. The number of hydrazone groups is 1. The number of nitrogens with two attached hydrogens (primary N) is 1. The van der Waals surface area contributed by atoms with E-state index in [2.05, 4.69) is 25.7 Å². The van der Waals surface area contributed by atoms with Gasteiger partial charge < -0.3 is 5.84 Å². The number of anilines is 1. The number of nitrogen functional groups attached to an aromatic ring is 1. The maximum absolute atomic E-state index is 5.47. The molecule has 0 saturated heterocycles. The van der Waals surface area contributed by atoms with Crippen LogP contribution in [0.4, 0.5) is 5.95 Å². The predicted molar refractivity (Wildman–Crippen MR) is 55.6 cm³/mol. The van der Waals surface area contributed by atoms with Gasteiger partial charge in [-0.3, -0.25) is 4.98 Å². The van der Waals surface area contributed by atoms with Gasteiger partial charge in [0.2, 0.25) is 0 Å². The Labute approximate surface area is 85.6 Å². The van der Waals surface area contributed by atoms with Gasteiger partial charge in [0.1, 0.15) is 6.33 Å². The Balaban J connectivity index is 2.00. The third-order valence-corrected chi connectivity index (χ3v) is 1.66. The largest absolute Gasteiger partial charge is 0.335 e. The van der Waals surface area contributed by atoms with E-state index in [1.54, 1.807) is 18.6 Å². The van der Waals surface area contributed by atoms with Gasteiger partial charge in [0, 0.05) is 12.4 Å². The molecular weight excluding hydrogens is 194 g/mol. The van der Waals surface area contributed by atoms with Crippen molar-refractivity contribution < 1.29 is 0 Å². The molecule has 2 heterocycles. The van der Waals surface area contributed by atoms with Gasteiger partial charge in [-0.25, -0.2) is 10.1 Å². The lowest BCUT2D eigenvalue weighted by Crippen LogP contribution is -2.10. The molecule has 15 heavy (non-hydrogen) atoms. The normalized spacial score (nSPS) is 10.7. The number of nitrogens with zero attached hydrogens (tertiary/aromatic N) is 5. The van der Waals surface area contributed by atoms with Crippen molar-refractivity contribution >= 4 is 12.2 Å². The van der Waals surface area contributed by atoms with Crippen LogP contribution in [0.3, 0.4) is 0 Å². The summed E-state index contributed by atoms with van der Waals surface area (Å²) in [6, 6.07) is 3.66. The van der Waals surface area contributed by atoms with Crippen LogP contribution in [0.5, 0.6) is 0 Å². The van der Waals surface area contributed by atoms with E-state index in [0.29, 0.717) is 5.95 Å². The smallest absolute Gasteiger partial charge is 0.263 e. The fourth-order valence-electron chi connectivity index (χ4n) is 0.937. The summed E-state index contributed by atoms with van der Waals surface area (Å²) in [6.45, 7) is 0. The SMILES string of the molecule is Nn1cnnc1N/N=C\c1ccncc1. The molecule has 0 spiro atoms. The third-order valence-electron chi connectivity index (χ3n) is 1.66. The Morgan fingerprint density at radius 2 is 2.20 bits per heavy atom. The Morgan fingerprint density at radius 1 is 1.40 bits per heavy atom. The molecule has 7 nitrogen and oxygen atoms in total. The highest BCUT2D eigenvalue weighted by atomic mass is 15.5. The highest BCUT2D eigenvalue weighted by Gasteiger charge is 1.96. The summed E-state index contributed by atoms with van der Waals surface area (Å²) in [5.41, 5.74) is 3.59. The average molecular weight is 203 g/mol. The van der Waals surface area contributed by atoms with Gasteiger partial charge >= 0.3 is 0 Å². The van der Waals surface area contributed by atoms with Crippen LogP contribution in [-0.2, 0) is 0 Å². The zero-order valence-corrected chi connectivity index (χ0v) is 7.78. The van der Waals surface area contributed by atoms with E-state index in [9.17, 15) is 0 Å². The average Bonchev–Trinajstić information content (AvgIpc) is 2.66. The first-order valence-electron chi connectivity index (χ1n) is 4.20. The standard InChI is InChI=1S/C8H9N7/c9-15-6-12-14-8(15)13-11-5-7-1-3-10-4-2-7/h1-6H,9H2,(H,13,14)/b11-5-. The van der Waals surface area contributed by atoms with Gasteiger partial charge in [0.05, 0.1) is 6.21 Å². The van der Waals surface area contributed by atoms with Crippen LogP contribution in [0.1, 0.15) is 5.56 Å². The highest BCUT2D eigenvalue weighted by molar-refractivity contribution is 5.79. The molecule has 3 N–H and O–H groups in total. The van der Waals surface area contributed by atoms with E-state index in [0.717, 1.165) is 5.56 Å². The molecule has 76 valence electrons. The molecule has 0 atom stereocenters. The number of nitrogens with one attached hydrogen (secondary N) is 1. The maximum atomic E-state index is 5.47. The first-order chi connectivity index (χ1) is 7.36. The quantitative estimate of drug-likeness (QED) is 0.410. The first kappa shape index (κ1) is 9.13. The summed E-state index contributed by atoms with van der Waals surface area (Å²) in [4.78, 5) is 3.89. The minimum Gasteiger partial charge on any atom is -0.335 e. The zero-order chi connectivity index (χ0) is 10.5. The molecule has 0 fully saturated rings. The summed E-state index contributed by atoms with van der Waals surface area (Å²) < 4.78 is 1.24. The van der Waals surface area contributed by atoms with Crippen molar-refractivity contribution in [3.8, 4) is 0 Å². The molecule has 0 saturated carbocycles. The summed E-state index contributed by atoms with van der Waals surface area (Å²) in [5.74, 6) is 5.84. The molecule has 7 heteroatoms. The molecule has 2 aromatic rings. The van der Waals surface area contributed by atoms with Crippen LogP contribution in [0, 0.1) is 0 Å². The number of pyridine rings is 1. The van der Waals surface area contributed by atoms with E-state index < -0.39 is 0 Å². The van der Waals surface area contributed by atoms with Crippen LogP contribution in [-0.4, -0.2) is 26.1 Å². The van der Waals surface area contributed by atoms with Crippen LogP contribution in [0.2, 0.25) is 0 Å². The summed E-state index contributed by atoms with van der Waals surface area (Å²) in [5, 5.41) is 11.2. The lowest BCUT2D eigenvalue weighted by molar-refractivity contribution is 0.988. The Kier molecular flexibility index (Phi) is 2.54. The van der Waals surface area contributed by atoms with Crippen LogP contribution in [0.15, 0.2) is 36.0 Å². The van der Waals surface area contributed by atoms with E-state index in [1.807, 2.05) is 12.1 Å². The van der Waals surface area contributed by atoms with Crippen LogP contribution < -0.4 is 11.3 Å². The molecule has 0 aliphatic rings. The molecule has 2 aromatic heterocycles. The van der Waals surface area contributed by atoms with E-state index in [-0.39, 0.29) is 0 Å². The van der Waals surface area contributed by atoms with Gasteiger partial charge in [-0.05, 0) is 17.7 Å². The number of hydrogen-bond donors (Lipinski definition) is 2. The predicted octanol–water partition coefficient (Wildman–Crippen LogP) is -0.167. The van der Waals surface area contributed by atoms with Gasteiger partial charge in [-0.2, -0.15) is 5.10 Å². The molecular formula is C8H9N7. The molecule has 0 aromatic carbocycles. The second-order valence-electron chi connectivity index (χ2n) is 2.71. The summed E-state index contributed by atoms with van der Waals surface area (Å²) >= 11 is 0. The molecule has 0 bridgehead atoms. The summed E-state index contributed by atoms with van der Waals surface area (Å²) in [6.07, 6.45) is 6.39. The maximum Gasteiger partial charge on any atom is 0.263 e. The fourth-order valence-corrected chi connectivity index (χ4v) is 0.937. The van der Waals surface area contributed by atoms with Crippen molar-refractivity contribution in [2.45, 2.75) is 0 Å². The molecule has 0 aliphatic carbocycles. The lowest BCUT2D eigenvalue weighted by atomic mass is 10.3. The number of rotatable bonds is 3. The van der Waals surface area contributed by atoms with Gasteiger partial charge in [0.15, 0.2) is 0 Å². The van der Waals surface area contributed by atoms with Crippen molar-refractivity contribution in [3.63, 3.8) is 0 Å². The van der Waals surface area contributed by atoms with Gasteiger partial charge in [0.25, 0.3) is 5.95 Å². The van der Waals surface area contributed by atoms with Crippen LogP contribution in [0.25, 0.3) is 0 Å². The molecule has 2 rings (SSSR count). The summed E-state index contributed by atoms with van der Waals surface area (Å²) in [7, 11) is 0. The lowest BCUT2D eigenvalue weighted by Gasteiger charge is -1.96. The molecule has 0 radical (unpaired) electrons. The number of hydrogen-bond acceptors (Lipinski definition) is 6. The first-order valence-corrected chi connectivity index (χ1v) is 4.20.